The average Bonchev–Trinajstić information content (AvgIpc) is 3.82. The summed E-state index contributed by atoms with van der Waals surface area (Å²) < 4.78 is 1.10. The molecule has 0 amide bonds. The van der Waals surface area contributed by atoms with Gasteiger partial charge in [-0.15, -0.1) is 0 Å². The predicted octanol–water partition coefficient (Wildman–Crippen LogP) is 11.2. The molecule has 0 aliphatic carbocycles. The summed E-state index contributed by atoms with van der Waals surface area (Å²) in [6.45, 7) is 6.45. The Bertz CT molecular complexity index is 1800. The normalized spacial score (nSPS) is 13.5. The molecular formula is C38H31BrN2. The first-order chi connectivity index (χ1) is 20.0. The maximum atomic E-state index is 4.21. The molecule has 0 N–H and O–H groups in total. The third-order valence-electron chi connectivity index (χ3n) is 7.53. The van der Waals surface area contributed by atoms with E-state index in [-0.39, 0.29) is 0 Å². The van der Waals surface area contributed by atoms with E-state index in [9.17, 15) is 0 Å². The highest BCUT2D eigenvalue weighted by molar-refractivity contribution is 9.10. The van der Waals surface area contributed by atoms with Gasteiger partial charge in [0.15, 0.2) is 0 Å². The molecule has 5 aromatic rings. The van der Waals surface area contributed by atoms with E-state index in [0.29, 0.717) is 0 Å². The molecule has 0 bridgehead atoms. The van der Waals surface area contributed by atoms with Crippen LogP contribution in [0.25, 0.3) is 27.8 Å². The second-order valence-electron chi connectivity index (χ2n) is 10.3. The number of aryl methyl sites for hydroxylation is 2. The summed E-state index contributed by atoms with van der Waals surface area (Å²) in [6.07, 6.45) is 6.16. The number of hydrogen-bond acceptors (Lipinski definition) is 2. The third kappa shape index (κ3) is 5.73. The van der Waals surface area contributed by atoms with Crippen molar-refractivity contribution in [1.29, 1.82) is 0 Å². The number of halogens is 1. The third-order valence-corrected chi connectivity index (χ3v) is 8.02. The van der Waals surface area contributed by atoms with Gasteiger partial charge in [0.25, 0.3) is 0 Å². The van der Waals surface area contributed by atoms with Crippen LogP contribution in [0.3, 0.4) is 0 Å². The summed E-state index contributed by atoms with van der Waals surface area (Å²) >= 11 is 3.61. The Morgan fingerprint density at radius 2 is 1.32 bits per heavy atom. The van der Waals surface area contributed by atoms with Crippen LogP contribution in [0.15, 0.2) is 143 Å². The number of allylic oxidation sites excluding steroid dienone is 4. The molecule has 6 rings (SSSR count). The van der Waals surface area contributed by atoms with Gasteiger partial charge in [-0.1, -0.05) is 94.8 Å². The maximum absolute atomic E-state index is 4.21. The number of rotatable bonds is 7. The predicted molar refractivity (Wildman–Crippen MR) is 179 cm³/mol. The van der Waals surface area contributed by atoms with Crippen LogP contribution in [-0.4, -0.2) is 6.21 Å². The molecule has 0 aromatic heterocycles. The summed E-state index contributed by atoms with van der Waals surface area (Å²) in [4.78, 5) is 6.58. The Morgan fingerprint density at radius 3 is 1.98 bits per heavy atom. The van der Waals surface area contributed by atoms with Gasteiger partial charge in [0.05, 0.1) is 17.6 Å². The van der Waals surface area contributed by atoms with Crippen LogP contribution >= 0.6 is 15.9 Å². The number of nitrogens with zero attached hydrogens (tertiary/aromatic N) is 2. The molecule has 0 spiro atoms. The number of anilines is 3. The SMILES string of the molecule is C/C=C(\C=C1C=N\1)c1ccc(N(c2ccc(-c3ccc(Br)cc3C)c(C)c2)c2ccccc2-c2ccccc2)cc1. The molecule has 0 unspecified atom stereocenters. The molecule has 0 radical (unpaired) electrons. The minimum Gasteiger partial charge on any atom is -0.310 e. The zero-order valence-corrected chi connectivity index (χ0v) is 25.1. The lowest BCUT2D eigenvalue weighted by atomic mass is 9.95. The molecule has 200 valence electrons. The Labute approximate surface area is 251 Å². The van der Waals surface area contributed by atoms with Crippen LogP contribution < -0.4 is 4.90 Å². The van der Waals surface area contributed by atoms with E-state index in [1.165, 1.54) is 44.5 Å². The molecule has 1 heterocycles. The maximum Gasteiger partial charge on any atom is 0.0819 e. The molecule has 0 saturated heterocycles. The molecular weight excluding hydrogens is 564 g/mol. The molecule has 0 fully saturated rings. The number of hydrogen-bond donors (Lipinski definition) is 0. The van der Waals surface area contributed by atoms with Crippen molar-refractivity contribution in [3.05, 3.63) is 154 Å². The molecule has 0 atom stereocenters. The number of para-hydroxylation sites is 1. The summed E-state index contributed by atoms with van der Waals surface area (Å²) in [5.41, 5.74) is 14.1. The second kappa shape index (κ2) is 11.6. The largest absolute Gasteiger partial charge is 0.310 e. The molecule has 5 aromatic carbocycles. The molecule has 41 heavy (non-hydrogen) atoms. The van der Waals surface area contributed by atoms with Crippen LogP contribution in [-0.2, 0) is 0 Å². The van der Waals surface area contributed by atoms with Crippen LogP contribution in [0, 0.1) is 13.8 Å². The van der Waals surface area contributed by atoms with Gasteiger partial charge in [-0.3, -0.25) is 4.99 Å². The Hall–Kier alpha value is -4.47. The minimum absolute atomic E-state index is 1.04. The standard InChI is InChI=1S/C38H31BrN2/c1-4-28(24-32-25-40-32)29-14-17-33(18-15-29)41(38-13-9-8-12-37(38)30-10-6-5-7-11-30)34-19-21-36(27(3)23-34)35-20-16-31(39)22-26(35)2/h4-25H,1-3H3/b28-4+,32-24-. The van der Waals surface area contributed by atoms with E-state index in [2.05, 4.69) is 174 Å². The van der Waals surface area contributed by atoms with E-state index in [1.807, 2.05) is 6.21 Å². The van der Waals surface area contributed by atoms with Crippen molar-refractivity contribution in [2.45, 2.75) is 20.8 Å². The van der Waals surface area contributed by atoms with Gasteiger partial charge in [-0.2, -0.15) is 0 Å². The van der Waals surface area contributed by atoms with E-state index < -0.39 is 0 Å². The number of aliphatic imine (C=N–C) groups is 1. The van der Waals surface area contributed by atoms with Crippen molar-refractivity contribution < 1.29 is 0 Å². The smallest absolute Gasteiger partial charge is 0.0819 e. The van der Waals surface area contributed by atoms with E-state index in [1.54, 1.807) is 0 Å². The quantitative estimate of drug-likeness (QED) is 0.183. The first-order valence-electron chi connectivity index (χ1n) is 13.9. The monoisotopic (exact) mass is 594 g/mol. The molecule has 3 heteroatoms. The molecule has 0 saturated carbocycles. The van der Waals surface area contributed by atoms with Gasteiger partial charge in [-0.25, -0.2) is 0 Å². The highest BCUT2D eigenvalue weighted by Gasteiger charge is 2.18. The lowest BCUT2D eigenvalue weighted by Gasteiger charge is -2.29. The zero-order valence-electron chi connectivity index (χ0n) is 23.5. The Morgan fingerprint density at radius 1 is 0.683 bits per heavy atom. The summed E-state index contributed by atoms with van der Waals surface area (Å²) in [5, 5.41) is 0. The zero-order chi connectivity index (χ0) is 28.3. The van der Waals surface area contributed by atoms with Gasteiger partial charge >= 0.3 is 0 Å². The van der Waals surface area contributed by atoms with Crippen molar-refractivity contribution >= 4 is 44.8 Å². The molecule has 1 aliphatic heterocycles. The van der Waals surface area contributed by atoms with Crippen molar-refractivity contribution in [2.24, 2.45) is 4.99 Å². The lowest BCUT2D eigenvalue weighted by molar-refractivity contribution is 1.27. The first kappa shape index (κ1) is 26.7. The van der Waals surface area contributed by atoms with E-state index in [0.717, 1.165) is 27.2 Å². The summed E-state index contributed by atoms with van der Waals surface area (Å²) in [7, 11) is 0. The van der Waals surface area contributed by atoms with Gasteiger partial charge in [0.2, 0.25) is 0 Å². The van der Waals surface area contributed by atoms with Crippen LogP contribution in [0.2, 0.25) is 0 Å². The fraction of sp³-hybridized carbons (Fsp3) is 0.0789. The topological polar surface area (TPSA) is 15.6 Å². The summed E-state index contributed by atoms with van der Waals surface area (Å²) in [6, 6.07) is 41.4. The highest BCUT2D eigenvalue weighted by atomic mass is 79.9. The lowest BCUT2D eigenvalue weighted by Crippen LogP contribution is -2.11. The second-order valence-corrected chi connectivity index (χ2v) is 11.2. The molecule has 2 nitrogen and oxygen atoms in total. The van der Waals surface area contributed by atoms with Crippen LogP contribution in [0.4, 0.5) is 17.1 Å². The van der Waals surface area contributed by atoms with Gasteiger partial charge in [-0.05, 0) is 108 Å². The van der Waals surface area contributed by atoms with Crippen LogP contribution in [0.1, 0.15) is 23.6 Å². The van der Waals surface area contributed by atoms with Gasteiger partial charge in [0.1, 0.15) is 0 Å². The van der Waals surface area contributed by atoms with Gasteiger partial charge in [0, 0.05) is 21.4 Å². The van der Waals surface area contributed by atoms with Crippen molar-refractivity contribution in [1.82, 2.24) is 0 Å². The van der Waals surface area contributed by atoms with Crippen molar-refractivity contribution in [3.63, 3.8) is 0 Å². The summed E-state index contributed by atoms with van der Waals surface area (Å²) in [5.74, 6) is 0. The minimum atomic E-state index is 1.04. The fourth-order valence-electron chi connectivity index (χ4n) is 5.38. The molecule has 1 aliphatic rings. The van der Waals surface area contributed by atoms with Crippen molar-refractivity contribution in [2.75, 3.05) is 4.90 Å². The highest BCUT2D eigenvalue weighted by Crippen LogP contribution is 2.42. The van der Waals surface area contributed by atoms with Crippen molar-refractivity contribution in [3.8, 4) is 22.3 Å². The van der Waals surface area contributed by atoms with E-state index >= 15 is 0 Å². The van der Waals surface area contributed by atoms with E-state index in [4.69, 9.17) is 0 Å². The Balaban J connectivity index is 1.48. The fourth-order valence-corrected chi connectivity index (χ4v) is 5.86. The number of benzene rings is 5. The Kier molecular flexibility index (Phi) is 7.54. The first-order valence-corrected chi connectivity index (χ1v) is 14.7. The average molecular weight is 596 g/mol. The van der Waals surface area contributed by atoms with Crippen LogP contribution in [0.5, 0.6) is 0 Å². The van der Waals surface area contributed by atoms with Gasteiger partial charge < -0.3 is 4.90 Å².